The molecule has 1 rings (SSSR count). The Morgan fingerprint density at radius 3 is 2.33 bits per heavy atom. The largest absolute Gasteiger partial charge is 0.375 e. The Morgan fingerprint density at radius 2 is 1.83 bits per heavy atom. The molecule has 18 heavy (non-hydrogen) atoms. The zero-order valence-corrected chi connectivity index (χ0v) is 12.1. The van der Waals surface area contributed by atoms with Gasteiger partial charge in [0.1, 0.15) is 0 Å². The molecule has 0 aliphatic heterocycles. The summed E-state index contributed by atoms with van der Waals surface area (Å²) < 4.78 is 23.3. The Morgan fingerprint density at radius 1 is 1.22 bits per heavy atom. The molecule has 1 aromatic carbocycles. The summed E-state index contributed by atoms with van der Waals surface area (Å²) in [4.78, 5) is 2.53. The molecule has 0 saturated carbocycles. The van der Waals surface area contributed by atoms with E-state index in [9.17, 15) is 8.42 Å². The molecule has 5 heteroatoms. The number of anilines is 1. The maximum Gasteiger partial charge on any atom is 0.178 e. The molecule has 0 amide bonds. The summed E-state index contributed by atoms with van der Waals surface area (Å²) in [6.07, 6.45) is 1.06. The summed E-state index contributed by atoms with van der Waals surface area (Å²) in [5.74, 6) is 0.143. The van der Waals surface area contributed by atoms with Crippen LogP contribution in [0.5, 0.6) is 0 Å². The van der Waals surface area contributed by atoms with Gasteiger partial charge in [0.05, 0.1) is 10.6 Å². The van der Waals surface area contributed by atoms with E-state index in [1.54, 1.807) is 19.1 Å². The summed E-state index contributed by atoms with van der Waals surface area (Å²) in [5.41, 5.74) is 1.04. The Bertz CT molecular complexity index is 454. The van der Waals surface area contributed by atoms with Crippen molar-refractivity contribution in [2.45, 2.75) is 18.2 Å². The standard InChI is InChI=1S/C13H22N2O2S/c1-4-18(16,17)13-8-6-12(7-9-13)15(3)11-5-10-14-2/h6-9,14H,4-5,10-11H2,1-3H3. The summed E-state index contributed by atoms with van der Waals surface area (Å²) >= 11 is 0. The van der Waals surface area contributed by atoms with Crippen LogP contribution in [0.2, 0.25) is 0 Å². The van der Waals surface area contributed by atoms with Crippen molar-refractivity contribution in [1.29, 1.82) is 0 Å². The Kier molecular flexibility index (Phi) is 5.62. The number of benzene rings is 1. The summed E-state index contributed by atoms with van der Waals surface area (Å²) in [6, 6.07) is 7.09. The van der Waals surface area contributed by atoms with Crippen LogP contribution < -0.4 is 10.2 Å². The lowest BCUT2D eigenvalue weighted by molar-refractivity contribution is 0.597. The molecule has 0 radical (unpaired) electrons. The number of hydrogen-bond donors (Lipinski definition) is 1. The molecule has 0 unspecified atom stereocenters. The van der Waals surface area contributed by atoms with Crippen molar-refractivity contribution in [2.75, 3.05) is 37.8 Å². The van der Waals surface area contributed by atoms with Gasteiger partial charge in [-0.05, 0) is 44.3 Å². The smallest absolute Gasteiger partial charge is 0.178 e. The zero-order valence-electron chi connectivity index (χ0n) is 11.3. The van der Waals surface area contributed by atoms with E-state index < -0.39 is 9.84 Å². The topological polar surface area (TPSA) is 49.4 Å². The molecule has 1 aromatic rings. The molecule has 0 heterocycles. The maximum atomic E-state index is 11.7. The van der Waals surface area contributed by atoms with Gasteiger partial charge in [0.2, 0.25) is 0 Å². The highest BCUT2D eigenvalue weighted by Crippen LogP contribution is 2.17. The molecule has 0 fully saturated rings. The highest BCUT2D eigenvalue weighted by atomic mass is 32.2. The highest BCUT2D eigenvalue weighted by Gasteiger charge is 2.11. The molecule has 0 aromatic heterocycles. The van der Waals surface area contributed by atoms with Gasteiger partial charge in [-0.2, -0.15) is 0 Å². The zero-order chi connectivity index (χ0) is 13.6. The van der Waals surface area contributed by atoms with Crippen LogP contribution in [0.15, 0.2) is 29.2 Å². The first-order chi connectivity index (χ1) is 8.51. The number of nitrogens with zero attached hydrogens (tertiary/aromatic N) is 1. The van der Waals surface area contributed by atoms with Crippen LogP contribution >= 0.6 is 0 Å². The lowest BCUT2D eigenvalue weighted by atomic mass is 10.3. The fourth-order valence-corrected chi connectivity index (χ4v) is 2.58. The van der Waals surface area contributed by atoms with Crippen molar-refractivity contribution in [3.05, 3.63) is 24.3 Å². The van der Waals surface area contributed by atoms with Gasteiger partial charge < -0.3 is 10.2 Å². The van der Waals surface area contributed by atoms with Gasteiger partial charge in [-0.25, -0.2) is 8.42 Å². The number of sulfone groups is 1. The molecule has 102 valence electrons. The van der Waals surface area contributed by atoms with Crippen LogP contribution in [-0.4, -0.2) is 41.4 Å². The van der Waals surface area contributed by atoms with E-state index in [0.29, 0.717) is 4.90 Å². The van der Waals surface area contributed by atoms with Crippen molar-refractivity contribution in [1.82, 2.24) is 5.32 Å². The first kappa shape index (κ1) is 15.0. The third-order valence-corrected chi connectivity index (χ3v) is 4.69. The molecule has 0 spiro atoms. The van der Waals surface area contributed by atoms with Crippen LogP contribution in [0.1, 0.15) is 13.3 Å². The van der Waals surface area contributed by atoms with Crippen LogP contribution in [0.4, 0.5) is 5.69 Å². The van der Waals surface area contributed by atoms with Crippen LogP contribution in [0.3, 0.4) is 0 Å². The molecule has 0 bridgehead atoms. The lowest BCUT2D eigenvalue weighted by Gasteiger charge is -2.19. The quantitative estimate of drug-likeness (QED) is 0.763. The monoisotopic (exact) mass is 270 g/mol. The van der Waals surface area contributed by atoms with Crippen molar-refractivity contribution in [2.24, 2.45) is 0 Å². The van der Waals surface area contributed by atoms with Crippen molar-refractivity contribution in [3.63, 3.8) is 0 Å². The Labute approximate surface area is 110 Å². The molecule has 0 saturated heterocycles. The second-order valence-electron chi connectivity index (χ2n) is 4.28. The number of rotatable bonds is 7. The fourth-order valence-electron chi connectivity index (χ4n) is 1.70. The van der Waals surface area contributed by atoms with E-state index >= 15 is 0 Å². The minimum Gasteiger partial charge on any atom is -0.375 e. The molecular formula is C13H22N2O2S. The second kappa shape index (κ2) is 6.75. The van der Waals surface area contributed by atoms with Gasteiger partial charge in [-0.15, -0.1) is 0 Å². The molecule has 0 aliphatic rings. The van der Waals surface area contributed by atoms with Gasteiger partial charge in [0.25, 0.3) is 0 Å². The number of hydrogen-bond acceptors (Lipinski definition) is 4. The molecule has 4 nitrogen and oxygen atoms in total. The maximum absolute atomic E-state index is 11.7. The van der Waals surface area contributed by atoms with Crippen LogP contribution in [0, 0.1) is 0 Å². The van der Waals surface area contributed by atoms with Gasteiger partial charge in [0, 0.05) is 19.3 Å². The Hall–Kier alpha value is -1.07. The Balaban J connectivity index is 2.71. The van der Waals surface area contributed by atoms with E-state index in [1.807, 2.05) is 26.2 Å². The van der Waals surface area contributed by atoms with E-state index in [4.69, 9.17) is 0 Å². The van der Waals surface area contributed by atoms with Gasteiger partial charge >= 0.3 is 0 Å². The SMILES string of the molecule is CCS(=O)(=O)c1ccc(N(C)CCCNC)cc1. The third-order valence-electron chi connectivity index (χ3n) is 2.94. The van der Waals surface area contributed by atoms with E-state index in [0.717, 1.165) is 25.2 Å². The van der Waals surface area contributed by atoms with Crippen LogP contribution in [-0.2, 0) is 9.84 Å². The summed E-state index contributed by atoms with van der Waals surface area (Å²) in [6.45, 7) is 3.58. The first-order valence-corrected chi connectivity index (χ1v) is 7.85. The molecule has 0 aliphatic carbocycles. The van der Waals surface area contributed by atoms with Gasteiger partial charge in [0.15, 0.2) is 9.84 Å². The van der Waals surface area contributed by atoms with Crippen molar-refractivity contribution < 1.29 is 8.42 Å². The molecular weight excluding hydrogens is 248 g/mol. The van der Waals surface area contributed by atoms with Gasteiger partial charge in [-0.1, -0.05) is 6.92 Å². The minimum atomic E-state index is -3.09. The summed E-state index contributed by atoms with van der Waals surface area (Å²) in [7, 11) is 0.858. The highest BCUT2D eigenvalue weighted by molar-refractivity contribution is 7.91. The summed E-state index contributed by atoms with van der Waals surface area (Å²) in [5, 5.41) is 3.11. The fraction of sp³-hybridized carbons (Fsp3) is 0.538. The van der Waals surface area contributed by atoms with E-state index in [1.165, 1.54) is 0 Å². The van der Waals surface area contributed by atoms with Crippen molar-refractivity contribution >= 4 is 15.5 Å². The average Bonchev–Trinajstić information content (AvgIpc) is 2.39. The predicted octanol–water partition coefficient (Wildman–Crippen LogP) is 1.53. The number of nitrogens with one attached hydrogen (secondary N) is 1. The van der Waals surface area contributed by atoms with E-state index in [-0.39, 0.29) is 5.75 Å². The normalized spacial score (nSPS) is 11.5. The van der Waals surface area contributed by atoms with E-state index in [2.05, 4.69) is 10.2 Å². The van der Waals surface area contributed by atoms with Gasteiger partial charge in [-0.3, -0.25) is 0 Å². The van der Waals surface area contributed by atoms with Crippen LogP contribution in [0.25, 0.3) is 0 Å². The molecule has 0 atom stereocenters. The van der Waals surface area contributed by atoms with Crippen molar-refractivity contribution in [3.8, 4) is 0 Å². The average molecular weight is 270 g/mol. The first-order valence-electron chi connectivity index (χ1n) is 6.20. The minimum absolute atomic E-state index is 0.143. The molecule has 1 N–H and O–H groups in total. The second-order valence-corrected chi connectivity index (χ2v) is 6.55. The predicted molar refractivity (Wildman–Crippen MR) is 76.0 cm³/mol. The third kappa shape index (κ3) is 3.99. The lowest BCUT2D eigenvalue weighted by Crippen LogP contribution is -2.22.